The van der Waals surface area contributed by atoms with Gasteiger partial charge in [-0.3, -0.25) is 4.79 Å². The van der Waals surface area contributed by atoms with Gasteiger partial charge in [0.1, 0.15) is 0 Å². The highest BCUT2D eigenvalue weighted by atomic mass is 79.9. The van der Waals surface area contributed by atoms with Crippen molar-refractivity contribution in [1.29, 1.82) is 0 Å². The van der Waals surface area contributed by atoms with Crippen molar-refractivity contribution in [3.8, 4) is 0 Å². The van der Waals surface area contributed by atoms with Gasteiger partial charge in [-0.15, -0.1) is 11.6 Å². The second kappa shape index (κ2) is 11.0. The van der Waals surface area contributed by atoms with Gasteiger partial charge in [0.25, 0.3) is 0 Å². The molecule has 0 saturated heterocycles. The van der Waals surface area contributed by atoms with E-state index >= 15 is 0 Å². The molecule has 0 saturated carbocycles. The van der Waals surface area contributed by atoms with Crippen LogP contribution >= 0.6 is 39.3 Å². The van der Waals surface area contributed by atoms with Gasteiger partial charge in [0.2, 0.25) is 0 Å². The summed E-state index contributed by atoms with van der Waals surface area (Å²) in [4.78, 5) is 11.4. The highest BCUT2D eigenvalue weighted by Gasteiger charge is 2.40. The molecule has 0 aromatic carbocycles. The molecule has 128 valence electrons. The Balaban J connectivity index is 2.44. The zero-order valence-electron chi connectivity index (χ0n) is 13.7. The number of thioether (sulfide) groups is 1. The average Bonchev–Trinajstić information content (AvgIpc) is 2.75. The summed E-state index contributed by atoms with van der Waals surface area (Å²) in [6.45, 7) is 4.55. The first-order valence-corrected chi connectivity index (χ1v) is 10.5. The molecular weight excluding hydrogens is 384 g/mol. The second-order valence-corrected chi connectivity index (χ2v) is 9.16. The molecule has 1 aliphatic rings. The zero-order chi connectivity index (χ0) is 16.4. The lowest BCUT2D eigenvalue weighted by molar-refractivity contribution is -0.143. The van der Waals surface area contributed by atoms with Gasteiger partial charge in [-0.2, -0.15) is 0 Å². The minimum atomic E-state index is -0.0839. The van der Waals surface area contributed by atoms with Gasteiger partial charge in [-0.25, -0.2) is 0 Å². The summed E-state index contributed by atoms with van der Waals surface area (Å²) in [5.41, 5.74) is 0.0768. The molecule has 2 atom stereocenters. The number of allylic oxidation sites excluding steroid dienone is 1. The van der Waals surface area contributed by atoms with E-state index in [-0.39, 0.29) is 16.1 Å². The SMILES string of the molecule is CCCCCCC1(CCCCC(=O)OCC)C=C(Br)SC1Cl. The predicted molar refractivity (Wildman–Crippen MR) is 101 cm³/mol. The van der Waals surface area contributed by atoms with Crippen LogP contribution in [0.1, 0.15) is 71.6 Å². The van der Waals surface area contributed by atoms with Gasteiger partial charge < -0.3 is 4.74 Å². The van der Waals surface area contributed by atoms with Crippen LogP contribution in [0.2, 0.25) is 0 Å². The number of unbranched alkanes of at least 4 members (excludes halogenated alkanes) is 4. The number of hydrogen-bond donors (Lipinski definition) is 0. The van der Waals surface area contributed by atoms with E-state index in [1.165, 1.54) is 25.7 Å². The second-order valence-electron chi connectivity index (χ2n) is 5.94. The van der Waals surface area contributed by atoms with Crippen LogP contribution in [-0.2, 0) is 9.53 Å². The monoisotopic (exact) mass is 410 g/mol. The van der Waals surface area contributed by atoms with Crippen molar-refractivity contribution >= 4 is 45.3 Å². The van der Waals surface area contributed by atoms with Gasteiger partial charge >= 0.3 is 5.97 Å². The van der Waals surface area contributed by atoms with Gasteiger partial charge in [0.15, 0.2) is 0 Å². The van der Waals surface area contributed by atoms with Crippen LogP contribution in [0.5, 0.6) is 0 Å². The predicted octanol–water partition coefficient (Wildman–Crippen LogP) is 6.61. The van der Waals surface area contributed by atoms with E-state index < -0.39 is 0 Å². The Kier molecular flexibility index (Phi) is 10.2. The van der Waals surface area contributed by atoms with E-state index in [9.17, 15) is 4.79 Å². The topological polar surface area (TPSA) is 26.3 Å². The van der Waals surface area contributed by atoms with Crippen LogP contribution < -0.4 is 0 Å². The summed E-state index contributed by atoms with van der Waals surface area (Å²) in [5.74, 6) is -0.0839. The minimum absolute atomic E-state index is 0.0768. The largest absolute Gasteiger partial charge is 0.466 e. The molecule has 5 heteroatoms. The maximum Gasteiger partial charge on any atom is 0.305 e. The lowest BCUT2D eigenvalue weighted by Gasteiger charge is -2.30. The van der Waals surface area contributed by atoms with Gasteiger partial charge in [0.05, 0.1) is 11.3 Å². The molecule has 0 N–H and O–H groups in total. The van der Waals surface area contributed by atoms with Crippen molar-refractivity contribution in [1.82, 2.24) is 0 Å². The molecule has 22 heavy (non-hydrogen) atoms. The Morgan fingerprint density at radius 1 is 1.27 bits per heavy atom. The van der Waals surface area contributed by atoms with E-state index in [4.69, 9.17) is 16.3 Å². The van der Waals surface area contributed by atoms with Gasteiger partial charge in [0, 0.05) is 15.7 Å². The molecule has 0 fully saturated rings. The number of esters is 1. The fourth-order valence-corrected chi connectivity index (χ4v) is 5.82. The van der Waals surface area contributed by atoms with Crippen molar-refractivity contribution in [3.63, 3.8) is 0 Å². The van der Waals surface area contributed by atoms with Crippen molar-refractivity contribution in [2.75, 3.05) is 6.61 Å². The van der Waals surface area contributed by atoms with E-state index in [1.807, 2.05) is 6.92 Å². The summed E-state index contributed by atoms with van der Waals surface area (Å²) < 4.78 is 6.24. The molecule has 1 heterocycles. The minimum Gasteiger partial charge on any atom is -0.466 e. The quantitative estimate of drug-likeness (QED) is 0.217. The maximum atomic E-state index is 11.4. The lowest BCUT2D eigenvalue weighted by atomic mass is 9.79. The van der Waals surface area contributed by atoms with Gasteiger partial charge in [-0.05, 0) is 42.1 Å². The molecule has 0 aromatic rings. The van der Waals surface area contributed by atoms with Crippen LogP contribution in [0.25, 0.3) is 0 Å². The fourth-order valence-electron chi connectivity index (χ4n) is 2.88. The normalized spacial score (nSPS) is 24.4. The number of carbonyl (C=O) groups excluding carboxylic acids is 1. The van der Waals surface area contributed by atoms with Crippen molar-refractivity contribution in [2.24, 2.45) is 5.41 Å². The number of rotatable bonds is 11. The van der Waals surface area contributed by atoms with Crippen molar-refractivity contribution in [2.45, 2.75) is 76.3 Å². The summed E-state index contributed by atoms with van der Waals surface area (Å²) >= 11 is 11.9. The summed E-state index contributed by atoms with van der Waals surface area (Å²) in [6.07, 6.45) is 12.0. The van der Waals surface area contributed by atoms with E-state index in [0.717, 1.165) is 29.5 Å². The number of halogens is 2. The lowest BCUT2D eigenvalue weighted by Crippen LogP contribution is -2.24. The highest BCUT2D eigenvalue weighted by Crippen LogP contribution is 2.54. The van der Waals surface area contributed by atoms with Crippen LogP contribution in [0.15, 0.2) is 9.89 Å². The molecular formula is C17H28BrClO2S. The number of hydrogen-bond acceptors (Lipinski definition) is 3. The molecule has 0 aliphatic carbocycles. The Morgan fingerprint density at radius 2 is 1.95 bits per heavy atom. The molecule has 0 spiro atoms. The third-order valence-electron chi connectivity index (χ3n) is 4.14. The number of ether oxygens (including phenoxy) is 1. The molecule has 2 nitrogen and oxygen atoms in total. The van der Waals surface area contributed by atoms with Crippen molar-refractivity contribution in [3.05, 3.63) is 9.89 Å². The van der Waals surface area contributed by atoms with Gasteiger partial charge in [-0.1, -0.05) is 56.9 Å². The maximum absolute atomic E-state index is 11.4. The zero-order valence-corrected chi connectivity index (χ0v) is 16.9. The van der Waals surface area contributed by atoms with Crippen LogP contribution in [0.3, 0.4) is 0 Å². The number of carbonyl (C=O) groups is 1. The first-order chi connectivity index (χ1) is 10.5. The van der Waals surface area contributed by atoms with Crippen LogP contribution in [-0.4, -0.2) is 17.3 Å². The highest BCUT2D eigenvalue weighted by molar-refractivity contribution is 9.14. The van der Waals surface area contributed by atoms with E-state index in [2.05, 4.69) is 28.9 Å². The molecule has 2 unspecified atom stereocenters. The average molecular weight is 412 g/mol. The molecule has 0 radical (unpaired) electrons. The standard InChI is InChI=1S/C17H28BrClO2S/c1-3-5-6-8-11-17(13-14(18)22-16(17)19)12-9-7-10-15(20)21-4-2/h13,16H,3-12H2,1-2H3. The van der Waals surface area contributed by atoms with E-state index in [0.29, 0.717) is 13.0 Å². The summed E-state index contributed by atoms with van der Waals surface area (Å²) in [5, 5.41) is 0. The molecule has 0 aromatic heterocycles. The number of alkyl halides is 1. The molecule has 0 amide bonds. The molecule has 1 rings (SSSR count). The fraction of sp³-hybridized carbons (Fsp3) is 0.824. The third-order valence-corrected chi connectivity index (χ3v) is 6.65. The van der Waals surface area contributed by atoms with Crippen molar-refractivity contribution < 1.29 is 9.53 Å². The third kappa shape index (κ3) is 6.84. The first-order valence-electron chi connectivity index (χ1n) is 8.38. The smallest absolute Gasteiger partial charge is 0.305 e. The first kappa shape index (κ1) is 20.4. The Bertz CT molecular complexity index is 376. The Labute approximate surface area is 152 Å². The Morgan fingerprint density at radius 3 is 2.50 bits per heavy atom. The summed E-state index contributed by atoms with van der Waals surface area (Å²) in [7, 11) is 0. The molecule has 0 bridgehead atoms. The van der Waals surface area contributed by atoms with E-state index in [1.54, 1.807) is 11.8 Å². The molecule has 1 aliphatic heterocycles. The van der Waals surface area contributed by atoms with Crippen LogP contribution in [0.4, 0.5) is 0 Å². The van der Waals surface area contributed by atoms with Crippen LogP contribution in [0, 0.1) is 5.41 Å². The Hall–Kier alpha value is 0.330. The summed E-state index contributed by atoms with van der Waals surface area (Å²) in [6, 6.07) is 0.